The van der Waals surface area contributed by atoms with E-state index in [-0.39, 0.29) is 32.2 Å². The van der Waals surface area contributed by atoms with Crippen molar-refractivity contribution in [3.63, 3.8) is 0 Å². The number of carbonyl (C=O) groups is 3. The summed E-state index contributed by atoms with van der Waals surface area (Å²) in [5.41, 5.74) is 0. The number of carbonyl (C=O) groups excluding carboxylic acids is 2. The monoisotopic (exact) mass is 1070 g/mol. The molecule has 0 aromatic rings. The van der Waals surface area contributed by atoms with Crippen LogP contribution in [0.25, 0.3) is 0 Å². The molecule has 0 radical (unpaired) electrons. The number of rotatable bonds is 56. The van der Waals surface area contributed by atoms with Crippen molar-refractivity contribution in [3.8, 4) is 0 Å². The molecule has 0 aliphatic carbocycles. The Morgan fingerprint density at radius 2 is 0.740 bits per heavy atom. The Morgan fingerprint density at radius 1 is 0.403 bits per heavy atom. The van der Waals surface area contributed by atoms with Gasteiger partial charge in [-0.25, -0.2) is 4.79 Å². The molecular formula is C68H116NO8+. The first-order chi connectivity index (χ1) is 37.6. The third-order valence-corrected chi connectivity index (χ3v) is 13.0. The van der Waals surface area contributed by atoms with Gasteiger partial charge in [0, 0.05) is 12.8 Å². The number of hydrogen-bond acceptors (Lipinski definition) is 7. The van der Waals surface area contributed by atoms with Crippen LogP contribution >= 0.6 is 0 Å². The molecule has 2 unspecified atom stereocenters. The van der Waals surface area contributed by atoms with Crippen LogP contribution in [0, 0.1) is 0 Å². The zero-order valence-electron chi connectivity index (χ0n) is 50.1. The third kappa shape index (κ3) is 59.5. The summed E-state index contributed by atoms with van der Waals surface area (Å²) in [6.07, 6.45) is 77.4. The molecule has 0 aliphatic heterocycles. The van der Waals surface area contributed by atoms with Gasteiger partial charge in [0.15, 0.2) is 6.10 Å². The molecule has 0 amide bonds. The second-order valence-electron chi connectivity index (χ2n) is 21.6. The highest BCUT2D eigenvalue weighted by atomic mass is 16.7. The van der Waals surface area contributed by atoms with Crippen molar-refractivity contribution in [2.75, 3.05) is 47.5 Å². The minimum Gasteiger partial charge on any atom is -0.477 e. The summed E-state index contributed by atoms with van der Waals surface area (Å²) in [5.74, 6) is -2.03. The van der Waals surface area contributed by atoms with E-state index < -0.39 is 24.3 Å². The maximum Gasteiger partial charge on any atom is 0.361 e. The molecule has 0 rings (SSSR count). The Balaban J connectivity index is 4.27. The first-order valence-electron chi connectivity index (χ1n) is 31.1. The van der Waals surface area contributed by atoms with Gasteiger partial charge in [-0.05, 0) is 103 Å². The maximum atomic E-state index is 12.9. The number of likely N-dealkylation sites (N-methyl/N-ethyl adjacent to an activating group) is 1. The second kappa shape index (κ2) is 58.1. The average molecular weight is 1080 g/mol. The maximum absolute atomic E-state index is 12.9. The van der Waals surface area contributed by atoms with Crippen molar-refractivity contribution in [1.82, 2.24) is 0 Å². The number of carboxylic acid groups (broad SMARTS) is 1. The van der Waals surface area contributed by atoms with Crippen LogP contribution in [0.3, 0.4) is 0 Å². The predicted octanol–water partition coefficient (Wildman–Crippen LogP) is 18.7. The Morgan fingerprint density at radius 3 is 1.10 bits per heavy atom. The fourth-order valence-corrected chi connectivity index (χ4v) is 8.26. The van der Waals surface area contributed by atoms with Gasteiger partial charge in [-0.1, -0.05) is 239 Å². The lowest BCUT2D eigenvalue weighted by atomic mass is 10.0. The van der Waals surface area contributed by atoms with Crippen LogP contribution in [0.4, 0.5) is 0 Å². The van der Waals surface area contributed by atoms with Gasteiger partial charge in [0.25, 0.3) is 6.29 Å². The van der Waals surface area contributed by atoms with Crippen LogP contribution in [0.2, 0.25) is 0 Å². The molecule has 9 nitrogen and oxygen atoms in total. The summed E-state index contributed by atoms with van der Waals surface area (Å²) >= 11 is 0. The topological polar surface area (TPSA) is 108 Å². The molecule has 0 saturated carbocycles. The van der Waals surface area contributed by atoms with Crippen LogP contribution in [-0.4, -0.2) is 87.4 Å². The van der Waals surface area contributed by atoms with E-state index in [9.17, 15) is 19.5 Å². The quantitative estimate of drug-likeness (QED) is 0.0211. The van der Waals surface area contributed by atoms with Crippen LogP contribution < -0.4 is 0 Å². The summed E-state index contributed by atoms with van der Waals surface area (Å²) in [4.78, 5) is 37.5. The number of quaternary nitrogens is 1. The third-order valence-electron chi connectivity index (χ3n) is 13.0. The normalized spacial score (nSPS) is 13.5. The summed E-state index contributed by atoms with van der Waals surface area (Å²) < 4.78 is 22.9. The van der Waals surface area contributed by atoms with Crippen molar-refractivity contribution >= 4 is 17.9 Å². The lowest BCUT2D eigenvalue weighted by Crippen LogP contribution is -2.40. The Labute approximate surface area is 473 Å². The van der Waals surface area contributed by atoms with E-state index in [1.807, 2.05) is 21.1 Å². The minimum atomic E-state index is -1.52. The first kappa shape index (κ1) is 73.0. The summed E-state index contributed by atoms with van der Waals surface area (Å²) in [6, 6.07) is 0. The Bertz CT molecular complexity index is 1630. The van der Waals surface area contributed by atoms with Crippen molar-refractivity contribution in [2.24, 2.45) is 0 Å². The van der Waals surface area contributed by atoms with E-state index in [4.69, 9.17) is 18.9 Å². The molecule has 0 bridgehead atoms. The second-order valence-corrected chi connectivity index (χ2v) is 21.6. The van der Waals surface area contributed by atoms with Crippen LogP contribution in [0.5, 0.6) is 0 Å². The zero-order valence-corrected chi connectivity index (χ0v) is 50.1. The number of unbranched alkanes of at least 4 members (excludes halogenated alkanes) is 23. The summed E-state index contributed by atoms with van der Waals surface area (Å²) in [7, 11) is 5.96. The molecule has 77 heavy (non-hydrogen) atoms. The van der Waals surface area contributed by atoms with E-state index in [1.54, 1.807) is 0 Å². The van der Waals surface area contributed by atoms with Crippen molar-refractivity contribution in [2.45, 2.75) is 257 Å². The number of nitrogens with zero attached hydrogens (tertiary/aromatic N) is 1. The highest BCUT2D eigenvalue weighted by molar-refractivity contribution is 5.71. The van der Waals surface area contributed by atoms with Gasteiger partial charge in [-0.3, -0.25) is 9.59 Å². The first-order valence-corrected chi connectivity index (χ1v) is 31.1. The molecule has 1 N–H and O–H groups in total. The fraction of sp³-hybridized carbons (Fsp3) is 0.691. The smallest absolute Gasteiger partial charge is 0.361 e. The molecular weight excluding hydrogens is 959 g/mol. The van der Waals surface area contributed by atoms with Crippen molar-refractivity contribution in [1.29, 1.82) is 0 Å². The summed E-state index contributed by atoms with van der Waals surface area (Å²) in [5, 5.41) is 9.72. The lowest BCUT2D eigenvalue weighted by molar-refractivity contribution is -0.870. The van der Waals surface area contributed by atoms with Gasteiger partial charge in [0.1, 0.15) is 13.2 Å². The zero-order chi connectivity index (χ0) is 56.2. The molecule has 440 valence electrons. The molecule has 0 aromatic carbocycles. The molecule has 0 fully saturated rings. The fourth-order valence-electron chi connectivity index (χ4n) is 8.26. The van der Waals surface area contributed by atoms with Gasteiger partial charge in [-0.2, -0.15) is 0 Å². The lowest BCUT2D eigenvalue weighted by Gasteiger charge is -2.25. The van der Waals surface area contributed by atoms with Gasteiger partial charge in [0.2, 0.25) is 0 Å². The standard InChI is InChI=1S/C68H115NO8/c1-6-8-10-12-14-16-18-20-22-24-26-28-30-31-32-33-34-35-37-39-41-43-45-47-49-51-53-55-57-59-66(71)77-64(63-76-68(67(72)73)74-61-60-69(3,4)5)62-75-65(70)58-56-54-52-50-48-46-44-42-40-38-36-29-27-25-23-21-19-17-15-13-11-9-7-2/h8,10,14,16,19-22,25-28,31-32,34-35,39,41,64,68H,6-7,9,11-13,15,17-18,23-24,29-30,33,36-38,40,42-63H2,1-5H3/p+1/b10-8-,16-14-,21-19-,22-20-,27-25-,28-26-,32-31-,35-34-,41-39-. The number of aliphatic carboxylic acids is 1. The molecule has 0 saturated heterocycles. The molecule has 0 aliphatic rings. The Hall–Kier alpha value is -4.05. The van der Waals surface area contributed by atoms with Gasteiger partial charge < -0.3 is 28.5 Å². The largest absolute Gasteiger partial charge is 0.477 e. The minimum absolute atomic E-state index is 0.180. The number of hydrogen-bond donors (Lipinski definition) is 1. The number of ether oxygens (including phenoxy) is 4. The van der Waals surface area contributed by atoms with E-state index in [2.05, 4.69) is 123 Å². The average Bonchev–Trinajstić information content (AvgIpc) is 3.40. The van der Waals surface area contributed by atoms with Gasteiger partial charge in [0.05, 0.1) is 34.4 Å². The number of esters is 2. The van der Waals surface area contributed by atoms with Crippen LogP contribution in [0.1, 0.15) is 245 Å². The van der Waals surface area contributed by atoms with Gasteiger partial charge in [-0.15, -0.1) is 0 Å². The number of allylic oxidation sites excluding steroid dienone is 18. The Kier molecular flexibility index (Phi) is 55.1. The van der Waals surface area contributed by atoms with E-state index in [0.29, 0.717) is 23.9 Å². The number of carboxylic acids is 1. The predicted molar refractivity (Wildman–Crippen MR) is 327 cm³/mol. The SMILES string of the molecule is CC/C=C\C/C=C\C/C=C\C/C=C\C/C=C\C/C=C\C/C=C\CCCCCCCCCC(=O)OC(COC(=O)CCCCCCCCCCCCC/C=C\C/C=C\CCCCCCC)COC(OCC[N+](C)(C)C)C(=O)O. The molecule has 0 spiro atoms. The van der Waals surface area contributed by atoms with Gasteiger partial charge >= 0.3 is 17.9 Å². The molecule has 2 atom stereocenters. The van der Waals surface area contributed by atoms with Crippen LogP contribution in [0.15, 0.2) is 109 Å². The highest BCUT2D eigenvalue weighted by Crippen LogP contribution is 2.15. The molecule has 0 heterocycles. The van der Waals surface area contributed by atoms with E-state index in [1.165, 1.54) is 116 Å². The van der Waals surface area contributed by atoms with Crippen LogP contribution in [-0.2, 0) is 33.3 Å². The van der Waals surface area contributed by atoms with E-state index in [0.717, 1.165) is 96.3 Å². The molecule has 9 heteroatoms. The van der Waals surface area contributed by atoms with Crippen molar-refractivity contribution in [3.05, 3.63) is 109 Å². The van der Waals surface area contributed by atoms with E-state index >= 15 is 0 Å². The van der Waals surface area contributed by atoms with Crippen molar-refractivity contribution < 1.29 is 42.9 Å². The molecule has 0 aromatic heterocycles. The highest BCUT2D eigenvalue weighted by Gasteiger charge is 2.25. The summed E-state index contributed by atoms with van der Waals surface area (Å²) in [6.45, 7) is 4.74.